The Balaban J connectivity index is 2.58. The molecule has 0 saturated heterocycles. The lowest BCUT2D eigenvalue weighted by Gasteiger charge is -2.18. The van der Waals surface area contributed by atoms with Gasteiger partial charge in [-0.25, -0.2) is 4.68 Å². The number of nitrogens with one attached hydrogen (secondary N) is 1. The van der Waals surface area contributed by atoms with E-state index in [1.54, 1.807) is 0 Å². The number of nitrogens with zero attached hydrogens (tertiary/aromatic N) is 3. The van der Waals surface area contributed by atoms with Gasteiger partial charge in [0, 0.05) is 12.3 Å². The van der Waals surface area contributed by atoms with Crippen LogP contribution < -0.4 is 5.32 Å². The molecule has 0 saturated carbocycles. The molecule has 1 unspecified atom stereocenters. The molecule has 0 amide bonds. The van der Waals surface area contributed by atoms with Crippen molar-refractivity contribution in [3.05, 3.63) is 11.9 Å². The predicted molar refractivity (Wildman–Crippen MR) is 74.3 cm³/mol. The van der Waals surface area contributed by atoms with E-state index in [9.17, 15) is 0 Å². The molecule has 0 spiro atoms. The quantitative estimate of drug-likeness (QED) is 0.775. The topological polar surface area (TPSA) is 42.7 Å². The van der Waals surface area contributed by atoms with Gasteiger partial charge in [-0.15, -0.1) is 5.10 Å². The highest BCUT2D eigenvalue weighted by molar-refractivity contribution is 7.99. The van der Waals surface area contributed by atoms with Crippen molar-refractivity contribution in [3.8, 4) is 0 Å². The molecule has 1 aromatic rings. The van der Waals surface area contributed by atoms with Crippen LogP contribution in [0.2, 0.25) is 0 Å². The molecule has 1 N–H and O–H groups in total. The van der Waals surface area contributed by atoms with Crippen LogP contribution >= 0.6 is 11.8 Å². The van der Waals surface area contributed by atoms with E-state index in [0.29, 0.717) is 6.04 Å². The van der Waals surface area contributed by atoms with Crippen molar-refractivity contribution in [3.63, 3.8) is 0 Å². The average Bonchev–Trinajstić information content (AvgIpc) is 2.75. The largest absolute Gasteiger partial charge is 0.308 e. The van der Waals surface area contributed by atoms with Gasteiger partial charge >= 0.3 is 0 Å². The number of hydrogen-bond donors (Lipinski definition) is 1. The fourth-order valence-corrected chi connectivity index (χ4v) is 2.83. The molecule has 1 heterocycles. The van der Waals surface area contributed by atoms with Crippen LogP contribution in [0.3, 0.4) is 0 Å². The Hall–Kier alpha value is -0.550. The van der Waals surface area contributed by atoms with Crippen molar-refractivity contribution in [2.45, 2.75) is 40.3 Å². The van der Waals surface area contributed by atoms with E-state index in [4.69, 9.17) is 0 Å². The number of aromatic nitrogens is 3. The van der Waals surface area contributed by atoms with Crippen LogP contribution in [-0.4, -0.2) is 33.0 Å². The van der Waals surface area contributed by atoms with Crippen LogP contribution in [0, 0.1) is 5.92 Å². The van der Waals surface area contributed by atoms with Crippen LogP contribution in [0.25, 0.3) is 0 Å². The van der Waals surface area contributed by atoms with Gasteiger partial charge < -0.3 is 5.32 Å². The third-order valence-electron chi connectivity index (χ3n) is 2.49. The summed E-state index contributed by atoms with van der Waals surface area (Å²) in [7, 11) is 0. The van der Waals surface area contributed by atoms with Gasteiger partial charge in [-0.1, -0.05) is 26.0 Å². The molecule has 17 heavy (non-hydrogen) atoms. The minimum absolute atomic E-state index is 0.360. The van der Waals surface area contributed by atoms with E-state index >= 15 is 0 Å². The predicted octanol–water partition coefficient (Wildman–Crippen LogP) is 2.34. The minimum atomic E-state index is 0.360. The first-order valence-corrected chi connectivity index (χ1v) is 7.54. The Morgan fingerprint density at radius 3 is 2.71 bits per heavy atom. The fourth-order valence-electron chi connectivity index (χ4n) is 1.70. The zero-order chi connectivity index (χ0) is 12.7. The van der Waals surface area contributed by atoms with E-state index in [1.807, 2.05) is 22.6 Å². The second-order valence-corrected chi connectivity index (χ2v) is 5.59. The average molecular weight is 256 g/mol. The molecule has 98 valence electrons. The molecule has 0 radical (unpaired) electrons. The minimum Gasteiger partial charge on any atom is -0.308 e. The molecular weight excluding hydrogens is 232 g/mol. The first-order chi connectivity index (χ1) is 8.19. The summed E-state index contributed by atoms with van der Waals surface area (Å²) in [6.45, 7) is 10.6. The maximum atomic E-state index is 4.10. The summed E-state index contributed by atoms with van der Waals surface area (Å²) in [4.78, 5) is 0. The summed E-state index contributed by atoms with van der Waals surface area (Å²) in [6.07, 6.45) is 1.88. The van der Waals surface area contributed by atoms with Crippen molar-refractivity contribution >= 4 is 11.8 Å². The van der Waals surface area contributed by atoms with Crippen molar-refractivity contribution in [2.75, 3.05) is 18.1 Å². The third-order valence-corrected chi connectivity index (χ3v) is 3.96. The smallest absolute Gasteiger partial charge is 0.0764 e. The van der Waals surface area contributed by atoms with Crippen LogP contribution in [0.1, 0.15) is 39.4 Å². The van der Waals surface area contributed by atoms with Crippen molar-refractivity contribution in [1.82, 2.24) is 20.3 Å². The zero-order valence-electron chi connectivity index (χ0n) is 11.3. The summed E-state index contributed by atoms with van der Waals surface area (Å²) >= 11 is 2.00. The molecular formula is C12H24N4S. The highest BCUT2D eigenvalue weighted by atomic mass is 32.2. The molecule has 0 fully saturated rings. The van der Waals surface area contributed by atoms with Crippen LogP contribution in [0.15, 0.2) is 6.20 Å². The van der Waals surface area contributed by atoms with Crippen molar-refractivity contribution < 1.29 is 0 Å². The lowest BCUT2D eigenvalue weighted by atomic mass is 10.2. The van der Waals surface area contributed by atoms with Crippen LogP contribution in [0.5, 0.6) is 0 Å². The number of aryl methyl sites for hydroxylation is 1. The monoisotopic (exact) mass is 256 g/mol. The second-order valence-electron chi connectivity index (χ2n) is 4.52. The third kappa shape index (κ3) is 4.68. The first kappa shape index (κ1) is 14.5. The molecule has 0 aliphatic heterocycles. The number of hydrogen-bond acceptors (Lipinski definition) is 4. The fraction of sp³-hybridized carbons (Fsp3) is 0.833. The Labute approximate surface area is 109 Å². The van der Waals surface area contributed by atoms with Gasteiger partial charge in [-0.3, -0.25) is 0 Å². The van der Waals surface area contributed by atoms with Gasteiger partial charge in [0.2, 0.25) is 0 Å². The molecule has 0 aromatic carbocycles. The summed E-state index contributed by atoms with van der Waals surface area (Å²) in [5, 5.41) is 11.6. The summed E-state index contributed by atoms with van der Waals surface area (Å²) in [5.74, 6) is 3.03. The Bertz CT molecular complexity index is 311. The summed E-state index contributed by atoms with van der Waals surface area (Å²) in [6, 6.07) is 0.360. The molecule has 4 nitrogen and oxygen atoms in total. The van der Waals surface area contributed by atoms with E-state index in [1.165, 1.54) is 11.4 Å². The molecule has 0 aliphatic rings. The lowest BCUT2D eigenvalue weighted by molar-refractivity contribution is 0.520. The Morgan fingerprint density at radius 1 is 1.35 bits per heavy atom. The van der Waals surface area contributed by atoms with Gasteiger partial charge in [0.1, 0.15) is 0 Å². The van der Waals surface area contributed by atoms with Crippen molar-refractivity contribution in [1.29, 1.82) is 0 Å². The van der Waals surface area contributed by atoms with Crippen LogP contribution in [-0.2, 0) is 6.54 Å². The van der Waals surface area contributed by atoms with Gasteiger partial charge in [0.05, 0.1) is 17.9 Å². The number of rotatable bonds is 8. The van der Waals surface area contributed by atoms with Gasteiger partial charge in [0.25, 0.3) is 0 Å². The molecule has 5 heteroatoms. The molecule has 0 bridgehead atoms. The second kappa shape index (κ2) is 7.71. The standard InChI is InChI=1S/C12H24N4S/c1-5-13-11(9-17-8-10(3)4)12-7-14-15-16(12)6-2/h7,10-11,13H,5-6,8-9H2,1-4H3. The SMILES string of the molecule is CCNC(CSCC(C)C)c1cnnn1CC. The molecule has 1 atom stereocenters. The van der Waals surface area contributed by atoms with E-state index in [0.717, 1.165) is 24.8 Å². The highest BCUT2D eigenvalue weighted by Gasteiger charge is 2.15. The highest BCUT2D eigenvalue weighted by Crippen LogP contribution is 2.19. The maximum absolute atomic E-state index is 4.10. The van der Waals surface area contributed by atoms with Gasteiger partial charge in [0.15, 0.2) is 0 Å². The first-order valence-electron chi connectivity index (χ1n) is 6.38. The Kier molecular flexibility index (Phi) is 6.58. The van der Waals surface area contributed by atoms with Gasteiger partial charge in [-0.05, 0) is 25.1 Å². The van der Waals surface area contributed by atoms with Gasteiger partial charge in [-0.2, -0.15) is 11.8 Å². The van der Waals surface area contributed by atoms with Crippen molar-refractivity contribution in [2.24, 2.45) is 5.92 Å². The normalized spacial score (nSPS) is 13.2. The zero-order valence-corrected chi connectivity index (χ0v) is 12.1. The molecule has 0 aliphatic carbocycles. The lowest BCUT2D eigenvalue weighted by Crippen LogP contribution is -2.26. The summed E-state index contributed by atoms with van der Waals surface area (Å²) in [5.41, 5.74) is 1.20. The number of thioether (sulfide) groups is 1. The van der Waals surface area contributed by atoms with E-state index in [2.05, 4.69) is 43.3 Å². The van der Waals surface area contributed by atoms with E-state index in [-0.39, 0.29) is 0 Å². The Morgan fingerprint density at radius 2 is 2.12 bits per heavy atom. The maximum Gasteiger partial charge on any atom is 0.0764 e. The van der Waals surface area contributed by atoms with Crippen LogP contribution in [0.4, 0.5) is 0 Å². The molecule has 1 rings (SSSR count). The molecule has 1 aromatic heterocycles. The van der Waals surface area contributed by atoms with E-state index < -0.39 is 0 Å². The summed E-state index contributed by atoms with van der Waals surface area (Å²) < 4.78 is 1.98.